The molecule has 4 heterocycles. The van der Waals surface area contributed by atoms with Crippen molar-refractivity contribution in [2.24, 2.45) is 5.16 Å². The molecule has 0 aliphatic carbocycles. The molecular formula is C23H24N4O3. The fourth-order valence-electron chi connectivity index (χ4n) is 3.98. The van der Waals surface area contributed by atoms with Gasteiger partial charge in [-0.15, -0.1) is 0 Å². The largest absolute Gasteiger partial charge is 0.454 e. The summed E-state index contributed by atoms with van der Waals surface area (Å²) in [6.07, 6.45) is 5.73. The Morgan fingerprint density at radius 3 is 2.87 bits per heavy atom. The number of morpholine rings is 1. The van der Waals surface area contributed by atoms with E-state index in [1.54, 1.807) is 12.4 Å². The molecule has 0 bridgehead atoms. The third kappa shape index (κ3) is 3.81. The monoisotopic (exact) mass is 404 g/mol. The number of aromatic nitrogens is 2. The van der Waals surface area contributed by atoms with Gasteiger partial charge in [-0.2, -0.15) is 0 Å². The quantitative estimate of drug-likeness (QED) is 0.408. The molecular weight excluding hydrogens is 380 g/mol. The molecule has 3 aromatic heterocycles. The van der Waals surface area contributed by atoms with Gasteiger partial charge < -0.3 is 18.8 Å². The van der Waals surface area contributed by atoms with Gasteiger partial charge in [-0.05, 0) is 55.3 Å². The van der Waals surface area contributed by atoms with E-state index in [9.17, 15) is 5.21 Å². The van der Waals surface area contributed by atoms with Crippen LogP contribution in [0.2, 0.25) is 0 Å². The standard InChI is InChI=1S/C23H24N4O3/c28-25-20-15-23(21-14-18-4-2-8-27(18)16-24-21)30-22-6-5-17(13-19(20)22)3-1-7-26-9-11-29-12-10-26/h2,4-6,8,13-16,28H,1,3,7,9-12H2. The van der Waals surface area contributed by atoms with E-state index in [4.69, 9.17) is 9.15 Å². The lowest BCUT2D eigenvalue weighted by Crippen LogP contribution is -2.36. The van der Waals surface area contributed by atoms with Crippen molar-refractivity contribution in [2.75, 3.05) is 32.8 Å². The highest BCUT2D eigenvalue weighted by Crippen LogP contribution is 2.23. The summed E-state index contributed by atoms with van der Waals surface area (Å²) in [7, 11) is 0. The van der Waals surface area contributed by atoms with E-state index >= 15 is 0 Å². The van der Waals surface area contributed by atoms with E-state index in [0.29, 0.717) is 22.4 Å². The summed E-state index contributed by atoms with van der Waals surface area (Å²) in [6.45, 7) is 4.74. The van der Waals surface area contributed by atoms with Gasteiger partial charge in [-0.1, -0.05) is 11.2 Å². The topological polar surface area (TPSA) is 75.5 Å². The van der Waals surface area contributed by atoms with Gasteiger partial charge in [-0.25, -0.2) is 4.98 Å². The van der Waals surface area contributed by atoms with Crippen molar-refractivity contribution in [3.8, 4) is 11.5 Å². The molecule has 1 aromatic carbocycles. The molecule has 0 unspecified atom stereocenters. The van der Waals surface area contributed by atoms with Gasteiger partial charge in [0, 0.05) is 36.3 Å². The van der Waals surface area contributed by atoms with Crippen LogP contribution in [0.25, 0.3) is 27.9 Å². The molecule has 0 atom stereocenters. The fourth-order valence-corrected chi connectivity index (χ4v) is 3.98. The van der Waals surface area contributed by atoms with Gasteiger partial charge in [-0.3, -0.25) is 4.90 Å². The Kier molecular flexibility index (Phi) is 5.21. The van der Waals surface area contributed by atoms with Crippen LogP contribution in [0.1, 0.15) is 12.0 Å². The average Bonchev–Trinajstić information content (AvgIpc) is 3.27. The lowest BCUT2D eigenvalue weighted by atomic mass is 10.1. The Morgan fingerprint density at radius 1 is 1.10 bits per heavy atom. The predicted octanol–water partition coefficient (Wildman–Crippen LogP) is 3.30. The Labute approximate surface area is 173 Å². The van der Waals surface area contributed by atoms with Crippen molar-refractivity contribution >= 4 is 16.5 Å². The number of benzene rings is 1. The van der Waals surface area contributed by atoms with E-state index in [1.165, 1.54) is 5.56 Å². The highest BCUT2D eigenvalue weighted by Gasteiger charge is 2.11. The highest BCUT2D eigenvalue weighted by molar-refractivity contribution is 5.79. The minimum Gasteiger partial charge on any atom is -0.454 e. The molecule has 0 amide bonds. The summed E-state index contributed by atoms with van der Waals surface area (Å²) >= 11 is 0. The van der Waals surface area contributed by atoms with Crippen LogP contribution in [-0.4, -0.2) is 52.3 Å². The number of hydrogen-bond acceptors (Lipinski definition) is 6. The molecule has 1 saturated heterocycles. The maximum Gasteiger partial charge on any atom is 0.155 e. The lowest BCUT2D eigenvalue weighted by Gasteiger charge is -2.26. The fraction of sp³-hybridized carbons (Fsp3) is 0.304. The molecule has 5 rings (SSSR count). The van der Waals surface area contributed by atoms with Crippen LogP contribution in [0.15, 0.2) is 64.6 Å². The third-order valence-corrected chi connectivity index (χ3v) is 5.63. The predicted molar refractivity (Wildman–Crippen MR) is 113 cm³/mol. The number of nitrogens with zero attached hydrogens (tertiary/aromatic N) is 4. The number of ether oxygens (including phenoxy) is 1. The molecule has 0 radical (unpaired) electrons. The SMILES string of the molecule is ON=c1cc(-c2cc3cccn3cn2)oc2ccc(CCCN3CCOCC3)cc12. The summed E-state index contributed by atoms with van der Waals surface area (Å²) in [4.78, 5) is 6.91. The molecule has 1 aliphatic rings. The molecule has 1 aliphatic heterocycles. The summed E-state index contributed by atoms with van der Waals surface area (Å²) in [5.74, 6) is 0.569. The van der Waals surface area contributed by atoms with Crippen LogP contribution in [-0.2, 0) is 11.2 Å². The maximum absolute atomic E-state index is 9.62. The number of aryl methyl sites for hydroxylation is 1. The minimum atomic E-state index is 0.485. The van der Waals surface area contributed by atoms with E-state index in [2.05, 4.69) is 27.2 Å². The minimum absolute atomic E-state index is 0.485. The molecule has 30 heavy (non-hydrogen) atoms. The van der Waals surface area contributed by atoms with Crippen molar-refractivity contribution in [3.63, 3.8) is 0 Å². The Bertz CT molecular complexity index is 1240. The van der Waals surface area contributed by atoms with Crippen LogP contribution in [0.3, 0.4) is 0 Å². The number of rotatable bonds is 5. The third-order valence-electron chi connectivity index (χ3n) is 5.63. The lowest BCUT2D eigenvalue weighted by molar-refractivity contribution is 0.0375. The first-order valence-electron chi connectivity index (χ1n) is 10.3. The van der Waals surface area contributed by atoms with Gasteiger partial charge in [0.05, 0.1) is 19.5 Å². The highest BCUT2D eigenvalue weighted by atomic mass is 16.5. The van der Waals surface area contributed by atoms with E-state index in [0.717, 1.165) is 56.6 Å². The molecule has 0 spiro atoms. The van der Waals surface area contributed by atoms with Gasteiger partial charge in [0.2, 0.25) is 0 Å². The zero-order valence-electron chi connectivity index (χ0n) is 16.7. The summed E-state index contributed by atoms with van der Waals surface area (Å²) in [6, 6.07) is 13.8. The summed E-state index contributed by atoms with van der Waals surface area (Å²) in [5, 5.41) is 14.4. The normalized spacial score (nSPS) is 15.9. The van der Waals surface area contributed by atoms with E-state index < -0.39 is 0 Å². The first kappa shape index (κ1) is 18.8. The van der Waals surface area contributed by atoms with Crippen LogP contribution in [0.5, 0.6) is 0 Å². The van der Waals surface area contributed by atoms with Crippen molar-refractivity contribution in [1.82, 2.24) is 14.3 Å². The van der Waals surface area contributed by atoms with Gasteiger partial charge >= 0.3 is 0 Å². The molecule has 4 aromatic rings. The maximum atomic E-state index is 9.62. The van der Waals surface area contributed by atoms with Crippen LogP contribution >= 0.6 is 0 Å². The molecule has 7 nitrogen and oxygen atoms in total. The van der Waals surface area contributed by atoms with Gasteiger partial charge in [0.25, 0.3) is 0 Å². The Hall–Kier alpha value is -3.16. The molecule has 7 heteroatoms. The Morgan fingerprint density at radius 2 is 2.00 bits per heavy atom. The number of fused-ring (bicyclic) bond motifs is 2. The molecule has 1 fully saturated rings. The second-order valence-electron chi connectivity index (χ2n) is 7.60. The van der Waals surface area contributed by atoms with Gasteiger partial charge in [0.15, 0.2) is 5.76 Å². The second-order valence-corrected chi connectivity index (χ2v) is 7.60. The summed E-state index contributed by atoms with van der Waals surface area (Å²) in [5.41, 5.74) is 3.60. The van der Waals surface area contributed by atoms with Crippen molar-refractivity contribution in [1.29, 1.82) is 0 Å². The number of hydrogen-bond donors (Lipinski definition) is 1. The van der Waals surface area contributed by atoms with Crippen LogP contribution < -0.4 is 5.36 Å². The second kappa shape index (κ2) is 8.30. The van der Waals surface area contributed by atoms with E-state index in [1.807, 2.05) is 34.9 Å². The van der Waals surface area contributed by atoms with Crippen molar-refractivity contribution in [3.05, 3.63) is 65.9 Å². The molecule has 154 valence electrons. The van der Waals surface area contributed by atoms with Crippen molar-refractivity contribution in [2.45, 2.75) is 12.8 Å². The smallest absolute Gasteiger partial charge is 0.155 e. The zero-order chi connectivity index (χ0) is 20.3. The molecule has 0 saturated carbocycles. The average molecular weight is 404 g/mol. The van der Waals surface area contributed by atoms with Crippen molar-refractivity contribution < 1.29 is 14.4 Å². The zero-order valence-corrected chi connectivity index (χ0v) is 16.7. The first-order valence-corrected chi connectivity index (χ1v) is 10.3. The first-order chi connectivity index (χ1) is 14.8. The van der Waals surface area contributed by atoms with Gasteiger partial charge in [0.1, 0.15) is 16.6 Å². The molecule has 1 N–H and O–H groups in total. The van der Waals surface area contributed by atoms with Crippen LogP contribution in [0, 0.1) is 0 Å². The summed E-state index contributed by atoms with van der Waals surface area (Å²) < 4.78 is 13.4. The van der Waals surface area contributed by atoms with Crippen LogP contribution in [0.4, 0.5) is 0 Å². The van der Waals surface area contributed by atoms with E-state index in [-0.39, 0.29) is 0 Å². The Balaban J connectivity index is 1.40.